The summed E-state index contributed by atoms with van der Waals surface area (Å²) in [4.78, 5) is 0. The normalized spacial score (nSPS) is 16.5. The third kappa shape index (κ3) is 1.12. The highest BCUT2D eigenvalue weighted by Gasteiger charge is 2.17. The van der Waals surface area contributed by atoms with Crippen molar-refractivity contribution in [3.63, 3.8) is 0 Å². The molecule has 0 radical (unpaired) electrons. The molecule has 1 N–H and O–H groups in total. The maximum Gasteiger partial charge on any atom is 0.122 e. The molecule has 1 aliphatic heterocycles. The Bertz CT molecular complexity index is 280. The largest absolute Gasteiger partial charge is 0.464 e. The van der Waals surface area contributed by atoms with Gasteiger partial charge in [-0.05, 0) is 35.8 Å². The summed E-state index contributed by atoms with van der Waals surface area (Å²) in [6.45, 7) is 3.93. The molecule has 0 spiro atoms. The molecule has 0 fully saturated rings. The molecule has 0 atom stereocenters. The van der Waals surface area contributed by atoms with Crippen LogP contribution in [0.15, 0.2) is 8.89 Å². The van der Waals surface area contributed by atoms with E-state index in [1.165, 1.54) is 5.56 Å². The highest BCUT2D eigenvalue weighted by molar-refractivity contribution is 9.10. The first kappa shape index (κ1) is 7.37. The van der Waals surface area contributed by atoms with E-state index >= 15 is 0 Å². The van der Waals surface area contributed by atoms with E-state index in [0.717, 1.165) is 35.5 Å². The van der Waals surface area contributed by atoms with Gasteiger partial charge in [-0.2, -0.15) is 0 Å². The first-order valence-electron chi connectivity index (χ1n) is 3.76. The second-order valence-corrected chi connectivity index (χ2v) is 3.59. The zero-order chi connectivity index (χ0) is 7.84. The molecule has 3 heteroatoms. The van der Waals surface area contributed by atoms with Gasteiger partial charge in [-0.3, -0.25) is 0 Å². The molecule has 0 bridgehead atoms. The Balaban J connectivity index is 2.50. The highest BCUT2D eigenvalue weighted by atomic mass is 79.9. The van der Waals surface area contributed by atoms with Gasteiger partial charge in [0, 0.05) is 5.56 Å². The Labute approximate surface area is 74.1 Å². The first-order valence-corrected chi connectivity index (χ1v) is 4.55. The fraction of sp³-hybridized carbons (Fsp3) is 0.500. The molecule has 60 valence electrons. The fourth-order valence-corrected chi connectivity index (χ4v) is 1.93. The van der Waals surface area contributed by atoms with Crippen LogP contribution in [-0.2, 0) is 13.0 Å². The van der Waals surface area contributed by atoms with Crippen molar-refractivity contribution >= 4 is 15.9 Å². The molecule has 0 saturated carbocycles. The van der Waals surface area contributed by atoms with Crippen molar-refractivity contribution in [3.05, 3.63) is 21.6 Å². The van der Waals surface area contributed by atoms with Gasteiger partial charge >= 0.3 is 0 Å². The lowest BCUT2D eigenvalue weighted by molar-refractivity contribution is 0.445. The van der Waals surface area contributed by atoms with Crippen molar-refractivity contribution in [3.8, 4) is 0 Å². The molecule has 0 aliphatic carbocycles. The van der Waals surface area contributed by atoms with E-state index in [1.807, 2.05) is 6.92 Å². The Kier molecular flexibility index (Phi) is 1.77. The van der Waals surface area contributed by atoms with Crippen LogP contribution in [0.25, 0.3) is 0 Å². The number of hydrogen-bond donors (Lipinski definition) is 1. The lowest BCUT2D eigenvalue weighted by Gasteiger charge is -2.10. The Morgan fingerprint density at radius 3 is 3.09 bits per heavy atom. The van der Waals surface area contributed by atoms with Crippen molar-refractivity contribution in [2.45, 2.75) is 19.9 Å². The highest BCUT2D eigenvalue weighted by Crippen LogP contribution is 2.29. The molecule has 2 nitrogen and oxygen atoms in total. The van der Waals surface area contributed by atoms with Crippen LogP contribution in [0.3, 0.4) is 0 Å². The Morgan fingerprint density at radius 2 is 2.36 bits per heavy atom. The van der Waals surface area contributed by atoms with Gasteiger partial charge in [0.25, 0.3) is 0 Å². The molecule has 1 aliphatic rings. The fourth-order valence-electron chi connectivity index (χ4n) is 1.43. The van der Waals surface area contributed by atoms with Gasteiger partial charge in [0.2, 0.25) is 0 Å². The first-order chi connectivity index (χ1) is 5.29. The van der Waals surface area contributed by atoms with Crippen LogP contribution < -0.4 is 5.32 Å². The van der Waals surface area contributed by atoms with Gasteiger partial charge in [-0.15, -0.1) is 0 Å². The van der Waals surface area contributed by atoms with Gasteiger partial charge < -0.3 is 9.73 Å². The number of hydrogen-bond acceptors (Lipinski definition) is 2. The molecule has 11 heavy (non-hydrogen) atoms. The van der Waals surface area contributed by atoms with E-state index < -0.39 is 0 Å². The van der Waals surface area contributed by atoms with E-state index in [9.17, 15) is 0 Å². The number of rotatable bonds is 0. The summed E-state index contributed by atoms with van der Waals surface area (Å²) < 4.78 is 6.69. The second-order valence-electron chi connectivity index (χ2n) is 2.80. The van der Waals surface area contributed by atoms with Crippen LogP contribution in [0, 0.1) is 6.92 Å². The number of furan rings is 1. The van der Waals surface area contributed by atoms with Gasteiger partial charge in [-0.25, -0.2) is 0 Å². The number of aryl methyl sites for hydroxylation is 1. The molecule has 2 rings (SSSR count). The van der Waals surface area contributed by atoms with Crippen LogP contribution in [0.1, 0.15) is 17.1 Å². The quantitative estimate of drug-likeness (QED) is 0.717. The van der Waals surface area contributed by atoms with Gasteiger partial charge in [0.15, 0.2) is 0 Å². The minimum Gasteiger partial charge on any atom is -0.464 e. The smallest absolute Gasteiger partial charge is 0.122 e. The summed E-state index contributed by atoms with van der Waals surface area (Å²) in [5.74, 6) is 2.10. The number of fused-ring (bicyclic) bond motifs is 1. The van der Waals surface area contributed by atoms with Crippen molar-refractivity contribution in [2.75, 3.05) is 6.54 Å². The Morgan fingerprint density at radius 1 is 1.55 bits per heavy atom. The van der Waals surface area contributed by atoms with Crippen LogP contribution in [0.4, 0.5) is 0 Å². The zero-order valence-electron chi connectivity index (χ0n) is 6.41. The third-order valence-corrected chi connectivity index (χ3v) is 3.06. The summed E-state index contributed by atoms with van der Waals surface area (Å²) in [6, 6.07) is 0. The van der Waals surface area contributed by atoms with E-state index in [-0.39, 0.29) is 0 Å². The molecular weight excluding hydrogens is 206 g/mol. The lowest BCUT2D eigenvalue weighted by atomic mass is 10.1. The van der Waals surface area contributed by atoms with Crippen molar-refractivity contribution < 1.29 is 4.42 Å². The standard InChI is InChI=1S/C8H10BrNO/c1-5-8(9)6-2-3-10-4-7(6)11-5/h10H,2-4H2,1H3. The second kappa shape index (κ2) is 2.64. The van der Waals surface area contributed by atoms with E-state index in [4.69, 9.17) is 4.42 Å². The van der Waals surface area contributed by atoms with E-state index in [1.54, 1.807) is 0 Å². The predicted molar refractivity (Wildman–Crippen MR) is 46.6 cm³/mol. The average Bonchev–Trinajstić information content (AvgIpc) is 2.30. The predicted octanol–water partition coefficient (Wildman–Crippen LogP) is 2.00. The molecule has 0 saturated heterocycles. The summed E-state index contributed by atoms with van der Waals surface area (Å²) >= 11 is 3.51. The molecule has 0 aromatic carbocycles. The van der Waals surface area contributed by atoms with Crippen LogP contribution in [0.5, 0.6) is 0 Å². The molecule has 1 aromatic rings. The molecule has 0 amide bonds. The van der Waals surface area contributed by atoms with E-state index in [2.05, 4.69) is 21.2 Å². The minimum atomic E-state index is 0.877. The van der Waals surface area contributed by atoms with Crippen LogP contribution >= 0.6 is 15.9 Å². The summed E-state index contributed by atoms with van der Waals surface area (Å²) in [7, 11) is 0. The average molecular weight is 216 g/mol. The van der Waals surface area contributed by atoms with Crippen LogP contribution in [0.2, 0.25) is 0 Å². The minimum absolute atomic E-state index is 0.877. The van der Waals surface area contributed by atoms with Gasteiger partial charge in [-0.1, -0.05) is 0 Å². The van der Waals surface area contributed by atoms with Gasteiger partial charge in [0.1, 0.15) is 11.5 Å². The zero-order valence-corrected chi connectivity index (χ0v) is 7.99. The molecular formula is C8H10BrNO. The summed E-state index contributed by atoms with van der Waals surface area (Å²) in [6.07, 6.45) is 1.08. The molecule has 1 aromatic heterocycles. The summed E-state index contributed by atoms with van der Waals surface area (Å²) in [5.41, 5.74) is 1.35. The molecule has 0 unspecified atom stereocenters. The number of nitrogens with one attached hydrogen (secondary N) is 1. The number of halogens is 1. The third-order valence-electron chi connectivity index (χ3n) is 2.02. The van der Waals surface area contributed by atoms with Crippen molar-refractivity contribution in [2.24, 2.45) is 0 Å². The Hall–Kier alpha value is -0.280. The van der Waals surface area contributed by atoms with Crippen molar-refractivity contribution in [1.82, 2.24) is 5.32 Å². The lowest BCUT2D eigenvalue weighted by Crippen LogP contribution is -2.22. The van der Waals surface area contributed by atoms with Crippen LogP contribution in [-0.4, -0.2) is 6.54 Å². The topological polar surface area (TPSA) is 25.2 Å². The maximum atomic E-state index is 5.53. The maximum absolute atomic E-state index is 5.53. The molecule has 2 heterocycles. The SMILES string of the molecule is Cc1oc2c(c1Br)CCNC2. The van der Waals surface area contributed by atoms with E-state index in [0.29, 0.717) is 0 Å². The van der Waals surface area contributed by atoms with Crippen molar-refractivity contribution in [1.29, 1.82) is 0 Å². The van der Waals surface area contributed by atoms with Gasteiger partial charge in [0.05, 0.1) is 11.0 Å². The summed E-state index contributed by atoms with van der Waals surface area (Å²) in [5, 5.41) is 3.27. The monoisotopic (exact) mass is 215 g/mol.